The van der Waals surface area contributed by atoms with Crippen LogP contribution in [0.1, 0.15) is 12.0 Å². The van der Waals surface area contributed by atoms with Crippen LogP contribution in [0.5, 0.6) is 5.75 Å². The summed E-state index contributed by atoms with van der Waals surface area (Å²) in [6, 6.07) is 24.4. The van der Waals surface area contributed by atoms with E-state index in [1.165, 1.54) is 12.1 Å². The lowest BCUT2D eigenvalue weighted by molar-refractivity contribution is -0.137. The van der Waals surface area contributed by atoms with Crippen LogP contribution in [0.4, 0.5) is 13.2 Å². The van der Waals surface area contributed by atoms with E-state index in [0.717, 1.165) is 40.4 Å². The summed E-state index contributed by atoms with van der Waals surface area (Å²) in [6.45, 7) is 1.53. The summed E-state index contributed by atoms with van der Waals surface area (Å²) in [7, 11) is 4.03. The van der Waals surface area contributed by atoms with Crippen molar-refractivity contribution < 1.29 is 17.9 Å². The minimum absolute atomic E-state index is 0.0851. The van der Waals surface area contributed by atoms with Crippen LogP contribution in [0, 0.1) is 0 Å². The highest BCUT2D eigenvalue weighted by Gasteiger charge is 2.34. The van der Waals surface area contributed by atoms with Crippen molar-refractivity contribution in [3.05, 3.63) is 95.0 Å². The summed E-state index contributed by atoms with van der Waals surface area (Å²) >= 11 is 3.43. The van der Waals surface area contributed by atoms with Gasteiger partial charge in [-0.25, -0.2) is 0 Å². The van der Waals surface area contributed by atoms with E-state index in [4.69, 9.17) is 4.74 Å². The van der Waals surface area contributed by atoms with Crippen LogP contribution in [0.25, 0.3) is 28.2 Å². The van der Waals surface area contributed by atoms with Crippen molar-refractivity contribution in [2.75, 3.05) is 27.2 Å². The van der Waals surface area contributed by atoms with Gasteiger partial charge in [0.2, 0.25) is 0 Å². The van der Waals surface area contributed by atoms with Crippen LogP contribution in [-0.2, 0) is 6.18 Å². The van der Waals surface area contributed by atoms with Gasteiger partial charge in [0.05, 0.1) is 29.2 Å². The van der Waals surface area contributed by atoms with Gasteiger partial charge < -0.3 is 14.2 Å². The molecule has 0 aliphatic heterocycles. The number of nitrogens with zero attached hydrogens (tertiary/aromatic N) is 2. The van der Waals surface area contributed by atoms with Crippen molar-refractivity contribution in [3.63, 3.8) is 0 Å². The quantitative estimate of drug-likeness (QED) is 0.210. The highest BCUT2D eigenvalue weighted by Crippen LogP contribution is 2.39. The second kappa shape index (κ2) is 10.7. The number of halogens is 4. The fourth-order valence-corrected chi connectivity index (χ4v) is 4.23. The van der Waals surface area contributed by atoms with Crippen molar-refractivity contribution in [2.45, 2.75) is 12.6 Å². The van der Waals surface area contributed by atoms with Gasteiger partial charge in [0.1, 0.15) is 5.75 Å². The number of aromatic nitrogens is 1. The molecule has 4 rings (SSSR count). The van der Waals surface area contributed by atoms with Crippen molar-refractivity contribution in [1.82, 2.24) is 9.47 Å². The molecule has 0 N–H and O–H groups in total. The van der Waals surface area contributed by atoms with E-state index in [-0.39, 0.29) is 5.69 Å². The van der Waals surface area contributed by atoms with Gasteiger partial charge in [-0.2, -0.15) is 13.2 Å². The topological polar surface area (TPSA) is 17.4 Å². The number of hydrogen-bond donors (Lipinski definition) is 0. The Kier molecular flexibility index (Phi) is 7.67. The monoisotopic (exact) mass is 542 g/mol. The van der Waals surface area contributed by atoms with E-state index in [9.17, 15) is 13.2 Å². The Balaban J connectivity index is 1.76. The Hall–Kier alpha value is -3.03. The smallest absolute Gasteiger partial charge is 0.418 e. The molecule has 0 fully saturated rings. The van der Waals surface area contributed by atoms with Gasteiger partial charge in [-0.05, 0) is 92.3 Å². The van der Waals surface area contributed by atoms with E-state index >= 15 is 0 Å². The van der Waals surface area contributed by atoms with Gasteiger partial charge >= 0.3 is 6.18 Å². The highest BCUT2D eigenvalue weighted by atomic mass is 79.9. The molecule has 0 unspecified atom stereocenters. The lowest BCUT2D eigenvalue weighted by atomic mass is 10.1. The van der Waals surface area contributed by atoms with E-state index in [0.29, 0.717) is 18.0 Å². The molecule has 0 aliphatic carbocycles. The third kappa shape index (κ3) is 5.97. The van der Waals surface area contributed by atoms with Gasteiger partial charge in [0.25, 0.3) is 0 Å². The number of ether oxygens (including phenoxy) is 1. The van der Waals surface area contributed by atoms with Crippen molar-refractivity contribution in [3.8, 4) is 34.0 Å². The summed E-state index contributed by atoms with van der Waals surface area (Å²) in [5.41, 5.74) is 2.36. The molecule has 0 saturated carbocycles. The summed E-state index contributed by atoms with van der Waals surface area (Å²) in [4.78, 5) is 2.10. The van der Waals surface area contributed by atoms with Gasteiger partial charge in [-0.1, -0.05) is 40.2 Å². The Morgan fingerprint density at radius 1 is 0.800 bits per heavy atom. The Labute approximate surface area is 211 Å². The first-order valence-electron chi connectivity index (χ1n) is 11.3. The molecule has 7 heteroatoms. The lowest BCUT2D eigenvalue weighted by Crippen LogP contribution is -2.15. The average Bonchev–Trinajstić information content (AvgIpc) is 3.27. The average molecular weight is 543 g/mol. The normalized spacial score (nSPS) is 11.7. The molecule has 0 spiro atoms. The molecule has 4 aromatic rings. The van der Waals surface area contributed by atoms with Gasteiger partial charge in [0, 0.05) is 11.0 Å². The molecule has 0 aliphatic rings. The lowest BCUT2D eigenvalue weighted by Gasteiger charge is -2.19. The fraction of sp³-hybridized carbons (Fsp3) is 0.214. The standard InChI is InChI=1S/C28H26BrF3N2O/c1-33(2)18-5-19-35-23-14-10-21(11-15-23)26-17-16-25(20-8-12-22(29)13-9-20)34(26)27-7-4-3-6-24(27)28(30,31)32/h3-4,6-17H,5,18-19H2,1-2H3. The molecule has 0 atom stereocenters. The maximum atomic E-state index is 14.0. The molecule has 3 nitrogen and oxygen atoms in total. The first-order chi connectivity index (χ1) is 16.7. The highest BCUT2D eigenvalue weighted by molar-refractivity contribution is 9.10. The first kappa shape index (κ1) is 25.1. The third-order valence-corrected chi connectivity index (χ3v) is 6.17. The number of para-hydroxylation sites is 1. The van der Waals surface area contributed by atoms with Gasteiger partial charge in [-0.3, -0.25) is 0 Å². The maximum absolute atomic E-state index is 14.0. The van der Waals surface area contributed by atoms with Crippen molar-refractivity contribution in [2.24, 2.45) is 0 Å². The second-order valence-corrected chi connectivity index (χ2v) is 9.41. The fourth-order valence-electron chi connectivity index (χ4n) is 3.97. The molecule has 1 aromatic heterocycles. The number of hydrogen-bond acceptors (Lipinski definition) is 2. The van der Waals surface area contributed by atoms with Crippen LogP contribution in [0.2, 0.25) is 0 Å². The molecule has 0 bridgehead atoms. The predicted octanol–water partition coefficient (Wildman–Crippen LogP) is 7.92. The van der Waals surface area contributed by atoms with Gasteiger partial charge in [-0.15, -0.1) is 0 Å². The Morgan fingerprint density at radius 3 is 1.94 bits per heavy atom. The first-order valence-corrected chi connectivity index (χ1v) is 12.1. The molecule has 182 valence electrons. The molecule has 1 heterocycles. The predicted molar refractivity (Wildman–Crippen MR) is 138 cm³/mol. The number of benzene rings is 3. The zero-order valence-electron chi connectivity index (χ0n) is 19.5. The van der Waals surface area contributed by atoms with E-state index < -0.39 is 11.7 Å². The summed E-state index contributed by atoms with van der Waals surface area (Å²) in [5.74, 6) is 0.731. The van der Waals surface area contributed by atoms with Crippen LogP contribution < -0.4 is 4.74 Å². The summed E-state index contributed by atoms with van der Waals surface area (Å²) in [5, 5.41) is 0. The minimum atomic E-state index is -4.49. The van der Waals surface area contributed by atoms with Crippen molar-refractivity contribution >= 4 is 15.9 Å². The van der Waals surface area contributed by atoms with E-state index in [1.807, 2.05) is 74.8 Å². The number of alkyl halides is 3. The summed E-state index contributed by atoms with van der Waals surface area (Å²) in [6.07, 6.45) is -3.58. The van der Waals surface area contributed by atoms with Crippen LogP contribution in [0.15, 0.2) is 89.4 Å². The molecule has 0 radical (unpaired) electrons. The molecular formula is C28H26BrF3N2O. The molecule has 0 amide bonds. The minimum Gasteiger partial charge on any atom is -0.494 e. The van der Waals surface area contributed by atoms with Crippen LogP contribution in [-0.4, -0.2) is 36.7 Å². The zero-order chi connectivity index (χ0) is 25.0. The SMILES string of the molecule is CN(C)CCCOc1ccc(-c2ccc(-c3ccc(Br)cc3)n2-c2ccccc2C(F)(F)F)cc1. The summed E-state index contributed by atoms with van der Waals surface area (Å²) < 4.78 is 50.3. The second-order valence-electron chi connectivity index (χ2n) is 8.49. The van der Waals surface area contributed by atoms with Crippen LogP contribution >= 0.6 is 15.9 Å². The molecular weight excluding hydrogens is 517 g/mol. The maximum Gasteiger partial charge on any atom is 0.418 e. The van der Waals surface area contributed by atoms with E-state index in [2.05, 4.69) is 20.8 Å². The zero-order valence-corrected chi connectivity index (χ0v) is 21.1. The Morgan fingerprint density at radius 2 is 1.37 bits per heavy atom. The third-order valence-electron chi connectivity index (χ3n) is 5.64. The molecule has 3 aromatic carbocycles. The Bertz CT molecular complexity index is 1260. The number of rotatable bonds is 8. The van der Waals surface area contributed by atoms with E-state index in [1.54, 1.807) is 10.6 Å². The van der Waals surface area contributed by atoms with Crippen molar-refractivity contribution in [1.29, 1.82) is 0 Å². The molecule has 35 heavy (non-hydrogen) atoms. The largest absolute Gasteiger partial charge is 0.494 e. The molecule has 0 saturated heterocycles. The van der Waals surface area contributed by atoms with Gasteiger partial charge in [0.15, 0.2) is 0 Å². The van der Waals surface area contributed by atoms with Crippen LogP contribution in [0.3, 0.4) is 0 Å².